The molecular weight excluding hydrogens is 949 g/mol. The summed E-state index contributed by atoms with van der Waals surface area (Å²) in [6, 6.07) is 0. The Morgan fingerprint density at radius 2 is 0.506 bits per heavy atom. The van der Waals surface area contributed by atoms with E-state index in [1.807, 2.05) is 0 Å². The molecule has 77 heavy (non-hydrogen) atoms. The number of carbonyl (C=O) groups is 3. The van der Waals surface area contributed by atoms with E-state index in [-0.39, 0.29) is 37.5 Å². The van der Waals surface area contributed by atoms with Gasteiger partial charge < -0.3 is 14.2 Å². The van der Waals surface area contributed by atoms with Crippen LogP contribution in [-0.4, -0.2) is 37.2 Å². The Morgan fingerprint density at radius 1 is 0.273 bits per heavy atom. The van der Waals surface area contributed by atoms with Crippen LogP contribution in [0.5, 0.6) is 0 Å². The summed E-state index contributed by atoms with van der Waals surface area (Å²) in [7, 11) is 0. The first-order valence-corrected chi connectivity index (χ1v) is 33.4. The molecule has 0 N–H and O–H groups in total. The standard InChI is InChI=1S/C71H126O6/c1-4-7-10-13-16-19-21-23-25-26-27-28-29-30-31-32-33-34-35-36-37-38-39-40-41-42-43-44-46-47-49-52-55-58-61-64-70(73)76-67-68(66-75-69(72)63-60-57-54-51-18-15-12-9-6-3)77-71(74)65-62-59-56-53-50-48-45-24-22-20-17-14-11-8-5-2/h8,11,17,20-21,23-24,26-27,45,50,53,68H,4-7,9-10,12-16,18-19,22,25,28-44,46-49,51-52,54-67H2,1-3H3/b11-8-,20-17-,23-21-,27-26-,45-24-,53-50-. The predicted molar refractivity (Wildman–Crippen MR) is 335 cm³/mol. The zero-order chi connectivity index (χ0) is 55.7. The Morgan fingerprint density at radius 3 is 0.818 bits per heavy atom. The fourth-order valence-corrected chi connectivity index (χ4v) is 9.70. The highest BCUT2D eigenvalue weighted by molar-refractivity contribution is 5.71. The Bertz CT molecular complexity index is 1420. The van der Waals surface area contributed by atoms with Gasteiger partial charge in [0.25, 0.3) is 0 Å². The SMILES string of the molecule is CC/C=C\C/C=C\C/C=C\C/C=C\CCCCC(=O)OC(COC(=O)CCCCCCCCCCC)COC(=O)CCCCCCCCCCCCCCCCCCCCCCCCC/C=C\C/C=C\CCCCCCC. The number of allylic oxidation sites excluding steroid dienone is 12. The molecule has 1 unspecified atom stereocenters. The number of esters is 3. The maximum Gasteiger partial charge on any atom is 0.306 e. The first-order valence-electron chi connectivity index (χ1n) is 33.4. The van der Waals surface area contributed by atoms with Crippen molar-refractivity contribution in [2.45, 2.75) is 348 Å². The molecular formula is C71H126O6. The molecule has 6 nitrogen and oxygen atoms in total. The van der Waals surface area contributed by atoms with E-state index in [4.69, 9.17) is 14.2 Å². The lowest BCUT2D eigenvalue weighted by atomic mass is 10.0. The third kappa shape index (κ3) is 63.6. The molecule has 0 aromatic rings. The second-order valence-electron chi connectivity index (χ2n) is 22.4. The minimum atomic E-state index is -0.793. The zero-order valence-electron chi connectivity index (χ0n) is 51.2. The van der Waals surface area contributed by atoms with E-state index >= 15 is 0 Å². The smallest absolute Gasteiger partial charge is 0.306 e. The largest absolute Gasteiger partial charge is 0.462 e. The Balaban J connectivity index is 4.01. The van der Waals surface area contributed by atoms with Crippen molar-refractivity contribution in [3.63, 3.8) is 0 Å². The summed E-state index contributed by atoms with van der Waals surface area (Å²) in [5.41, 5.74) is 0. The number of ether oxygens (including phenoxy) is 3. The first kappa shape index (κ1) is 73.8. The quantitative estimate of drug-likeness (QED) is 0.0261. The second kappa shape index (κ2) is 65.4. The molecule has 0 aromatic carbocycles. The van der Waals surface area contributed by atoms with Crippen molar-refractivity contribution in [2.24, 2.45) is 0 Å². The molecule has 0 saturated carbocycles. The molecule has 0 aromatic heterocycles. The number of unbranched alkanes of at least 4 members (excludes halogenated alkanes) is 38. The molecule has 0 radical (unpaired) electrons. The van der Waals surface area contributed by atoms with Gasteiger partial charge in [-0.25, -0.2) is 0 Å². The van der Waals surface area contributed by atoms with Gasteiger partial charge in [0.05, 0.1) is 0 Å². The summed E-state index contributed by atoms with van der Waals surface area (Å²) in [5.74, 6) is -0.919. The fraction of sp³-hybridized carbons (Fsp3) is 0.789. The third-order valence-electron chi connectivity index (χ3n) is 14.7. The summed E-state index contributed by atoms with van der Waals surface area (Å²) < 4.78 is 16.8. The van der Waals surface area contributed by atoms with Crippen molar-refractivity contribution < 1.29 is 28.6 Å². The lowest BCUT2D eigenvalue weighted by Crippen LogP contribution is -2.30. The minimum absolute atomic E-state index is 0.0879. The maximum atomic E-state index is 12.8. The Kier molecular flexibility index (Phi) is 62.7. The van der Waals surface area contributed by atoms with Crippen molar-refractivity contribution >= 4 is 17.9 Å². The molecule has 0 spiro atoms. The Hall–Kier alpha value is -3.15. The van der Waals surface area contributed by atoms with Crippen molar-refractivity contribution in [3.8, 4) is 0 Å². The highest BCUT2D eigenvalue weighted by atomic mass is 16.6. The van der Waals surface area contributed by atoms with Crippen molar-refractivity contribution in [1.29, 1.82) is 0 Å². The fourth-order valence-electron chi connectivity index (χ4n) is 9.70. The molecule has 0 rings (SSSR count). The van der Waals surface area contributed by atoms with E-state index in [1.54, 1.807) is 0 Å². The van der Waals surface area contributed by atoms with E-state index in [9.17, 15) is 14.4 Å². The molecule has 0 aliphatic rings. The van der Waals surface area contributed by atoms with Crippen molar-refractivity contribution in [2.75, 3.05) is 13.2 Å². The van der Waals surface area contributed by atoms with Crippen LogP contribution in [0.3, 0.4) is 0 Å². The summed E-state index contributed by atoms with van der Waals surface area (Å²) in [6.07, 6.45) is 85.3. The van der Waals surface area contributed by atoms with Gasteiger partial charge in [-0.2, -0.15) is 0 Å². The van der Waals surface area contributed by atoms with Crippen LogP contribution in [0.4, 0.5) is 0 Å². The van der Waals surface area contributed by atoms with E-state index < -0.39 is 6.10 Å². The molecule has 0 fully saturated rings. The number of hydrogen-bond acceptors (Lipinski definition) is 6. The van der Waals surface area contributed by atoms with Gasteiger partial charge in [-0.05, 0) is 89.9 Å². The van der Waals surface area contributed by atoms with Gasteiger partial charge in [0.1, 0.15) is 13.2 Å². The Labute approximate surface area is 478 Å². The van der Waals surface area contributed by atoms with Crippen LogP contribution < -0.4 is 0 Å². The van der Waals surface area contributed by atoms with E-state index in [2.05, 4.69) is 93.7 Å². The molecule has 6 heteroatoms. The molecule has 446 valence electrons. The number of rotatable bonds is 61. The maximum absolute atomic E-state index is 12.8. The van der Waals surface area contributed by atoms with Crippen LogP contribution in [0.25, 0.3) is 0 Å². The summed E-state index contributed by atoms with van der Waals surface area (Å²) in [4.78, 5) is 38.1. The lowest BCUT2D eigenvalue weighted by Gasteiger charge is -2.18. The second-order valence-corrected chi connectivity index (χ2v) is 22.4. The highest BCUT2D eigenvalue weighted by Crippen LogP contribution is 2.17. The topological polar surface area (TPSA) is 78.9 Å². The predicted octanol–water partition coefficient (Wildman–Crippen LogP) is 22.9. The molecule has 1 atom stereocenters. The molecule has 0 saturated heterocycles. The average molecular weight is 1080 g/mol. The summed E-state index contributed by atoms with van der Waals surface area (Å²) in [5, 5.41) is 0. The van der Waals surface area contributed by atoms with Crippen molar-refractivity contribution in [3.05, 3.63) is 72.9 Å². The molecule has 0 heterocycles. The van der Waals surface area contributed by atoms with Gasteiger partial charge in [0.2, 0.25) is 0 Å². The highest BCUT2D eigenvalue weighted by Gasteiger charge is 2.19. The van der Waals surface area contributed by atoms with Gasteiger partial charge in [0, 0.05) is 19.3 Å². The normalized spacial score (nSPS) is 12.5. The van der Waals surface area contributed by atoms with Gasteiger partial charge in [0.15, 0.2) is 6.10 Å². The average Bonchev–Trinajstić information content (AvgIpc) is 3.43. The van der Waals surface area contributed by atoms with Crippen LogP contribution in [0.1, 0.15) is 342 Å². The van der Waals surface area contributed by atoms with Crippen LogP contribution in [0.15, 0.2) is 72.9 Å². The molecule has 0 aliphatic carbocycles. The van der Waals surface area contributed by atoms with E-state index in [0.717, 1.165) is 83.5 Å². The zero-order valence-corrected chi connectivity index (χ0v) is 51.2. The summed E-state index contributed by atoms with van der Waals surface area (Å²) >= 11 is 0. The van der Waals surface area contributed by atoms with Gasteiger partial charge in [-0.1, -0.05) is 306 Å². The lowest BCUT2D eigenvalue weighted by molar-refractivity contribution is -0.167. The van der Waals surface area contributed by atoms with Crippen LogP contribution in [0, 0.1) is 0 Å². The molecule has 0 bridgehead atoms. The van der Waals surface area contributed by atoms with E-state index in [1.165, 1.54) is 212 Å². The van der Waals surface area contributed by atoms with Crippen LogP contribution >= 0.6 is 0 Å². The van der Waals surface area contributed by atoms with Gasteiger partial charge >= 0.3 is 17.9 Å². The molecule has 0 amide bonds. The van der Waals surface area contributed by atoms with Gasteiger partial charge in [-0.3, -0.25) is 14.4 Å². The minimum Gasteiger partial charge on any atom is -0.462 e. The number of carbonyl (C=O) groups excluding carboxylic acids is 3. The van der Waals surface area contributed by atoms with E-state index in [0.29, 0.717) is 19.3 Å². The molecule has 0 aliphatic heterocycles. The van der Waals surface area contributed by atoms with Crippen LogP contribution in [0.2, 0.25) is 0 Å². The van der Waals surface area contributed by atoms with Gasteiger partial charge in [-0.15, -0.1) is 0 Å². The third-order valence-corrected chi connectivity index (χ3v) is 14.7. The summed E-state index contributed by atoms with van der Waals surface area (Å²) in [6.45, 7) is 6.49. The van der Waals surface area contributed by atoms with Crippen molar-refractivity contribution in [1.82, 2.24) is 0 Å². The first-order chi connectivity index (χ1) is 38.0. The monoisotopic (exact) mass is 1070 g/mol. The number of hydrogen-bond donors (Lipinski definition) is 0. The van der Waals surface area contributed by atoms with Crippen LogP contribution in [-0.2, 0) is 28.6 Å².